The van der Waals surface area contributed by atoms with Crippen LogP contribution in [0, 0.1) is 5.92 Å². The molecule has 1 heterocycles. The number of carbonyl (C=O) groups is 1. The van der Waals surface area contributed by atoms with Gasteiger partial charge in [-0.15, -0.1) is 11.3 Å². The van der Waals surface area contributed by atoms with E-state index in [4.69, 9.17) is 15.5 Å². The van der Waals surface area contributed by atoms with Gasteiger partial charge in [0.1, 0.15) is 0 Å². The Bertz CT molecular complexity index is 661. The summed E-state index contributed by atoms with van der Waals surface area (Å²) in [6, 6.07) is 3.89. The molecule has 0 aliphatic heterocycles. The van der Waals surface area contributed by atoms with E-state index < -0.39 is 13.1 Å². The molecule has 4 N–H and O–H groups in total. The van der Waals surface area contributed by atoms with E-state index >= 15 is 0 Å². The third kappa shape index (κ3) is 9.32. The third-order valence-corrected chi connectivity index (χ3v) is 7.84. The van der Waals surface area contributed by atoms with E-state index in [0.717, 1.165) is 34.9 Å². The fourth-order valence-electron chi connectivity index (χ4n) is 3.91. The number of aryl methyl sites for hydroxylation is 1. The number of rotatable bonds is 12. The first-order chi connectivity index (χ1) is 13.1. The van der Waals surface area contributed by atoms with Crippen molar-refractivity contribution < 1.29 is 19.1 Å². The summed E-state index contributed by atoms with van der Waals surface area (Å²) in [7, 11) is -4.01. The number of unbranched alkanes of at least 4 members (excludes halogenated alkanes) is 1. The van der Waals surface area contributed by atoms with E-state index in [1.165, 1.54) is 49.9 Å². The van der Waals surface area contributed by atoms with Crippen LogP contribution in [0.4, 0.5) is 0 Å². The predicted octanol–water partition coefficient (Wildman–Crippen LogP) is 5.29. The van der Waals surface area contributed by atoms with Crippen LogP contribution >= 0.6 is 18.9 Å². The second kappa shape index (κ2) is 11.0. The molecule has 5 nitrogen and oxygen atoms in total. The fourth-order valence-corrected chi connectivity index (χ4v) is 5.69. The molecule has 0 amide bonds. The SMILES string of the molecule is CC(N)(CCc1ccc(C(=O)CCCCC2CCCCC2)s1)CCP(=O)(O)O. The van der Waals surface area contributed by atoms with Crippen molar-refractivity contribution >= 4 is 24.7 Å². The minimum Gasteiger partial charge on any atom is -0.325 e. The zero-order valence-electron chi connectivity index (χ0n) is 17.1. The second-order valence-corrected chi connectivity index (χ2v) is 11.7. The molecule has 1 saturated carbocycles. The molecule has 7 heteroatoms. The van der Waals surface area contributed by atoms with E-state index in [1.54, 1.807) is 0 Å². The molecule has 0 radical (unpaired) electrons. The van der Waals surface area contributed by atoms with Gasteiger partial charge in [0.15, 0.2) is 5.78 Å². The highest BCUT2D eigenvalue weighted by atomic mass is 32.1. The normalized spacial score (nSPS) is 18.1. The van der Waals surface area contributed by atoms with Crippen molar-refractivity contribution in [2.45, 2.75) is 89.5 Å². The summed E-state index contributed by atoms with van der Waals surface area (Å²) in [6.45, 7) is 1.83. The monoisotopic (exact) mass is 429 g/mol. The number of thiophene rings is 1. The van der Waals surface area contributed by atoms with Crippen molar-refractivity contribution in [2.75, 3.05) is 6.16 Å². The van der Waals surface area contributed by atoms with Gasteiger partial charge in [-0.05, 0) is 50.7 Å². The van der Waals surface area contributed by atoms with Crippen molar-refractivity contribution in [3.63, 3.8) is 0 Å². The molecule has 1 aliphatic carbocycles. The van der Waals surface area contributed by atoms with Gasteiger partial charge < -0.3 is 15.5 Å². The lowest BCUT2D eigenvalue weighted by Gasteiger charge is -2.24. The smallest absolute Gasteiger partial charge is 0.325 e. The minimum absolute atomic E-state index is 0.185. The van der Waals surface area contributed by atoms with Crippen LogP contribution in [0.5, 0.6) is 0 Å². The molecular formula is C21H36NO4PS. The maximum atomic E-state index is 12.4. The molecule has 0 spiro atoms. The number of hydrogen-bond donors (Lipinski definition) is 3. The van der Waals surface area contributed by atoms with Crippen LogP contribution < -0.4 is 5.73 Å². The number of ketones is 1. The van der Waals surface area contributed by atoms with Gasteiger partial charge in [-0.25, -0.2) is 0 Å². The predicted molar refractivity (Wildman–Crippen MR) is 116 cm³/mol. The summed E-state index contributed by atoms with van der Waals surface area (Å²) < 4.78 is 11.0. The van der Waals surface area contributed by atoms with Gasteiger partial charge in [0.2, 0.25) is 0 Å². The van der Waals surface area contributed by atoms with Crippen LogP contribution in [0.15, 0.2) is 12.1 Å². The molecule has 1 fully saturated rings. The maximum absolute atomic E-state index is 12.4. The van der Waals surface area contributed by atoms with Crippen LogP contribution in [-0.4, -0.2) is 27.3 Å². The van der Waals surface area contributed by atoms with Crippen LogP contribution in [-0.2, 0) is 11.0 Å². The fraction of sp³-hybridized carbons (Fsp3) is 0.762. The lowest BCUT2D eigenvalue weighted by Crippen LogP contribution is -2.37. The van der Waals surface area contributed by atoms with Gasteiger partial charge in [0, 0.05) is 16.8 Å². The lowest BCUT2D eigenvalue weighted by molar-refractivity contribution is 0.0982. The highest BCUT2D eigenvalue weighted by Gasteiger charge is 2.24. The standard InChI is InChI=1S/C21H36NO4PS/c1-21(22,15-16-27(24,25)26)14-13-18-11-12-20(28-18)19(23)10-6-5-9-17-7-3-2-4-8-17/h11-12,17H,2-10,13-16,22H2,1H3,(H2,24,25,26). The summed E-state index contributed by atoms with van der Waals surface area (Å²) >= 11 is 1.53. The summed E-state index contributed by atoms with van der Waals surface area (Å²) in [5, 5.41) is 0. The molecule has 0 aromatic carbocycles. The Balaban J connectivity index is 1.68. The Hall–Kier alpha value is -0.520. The van der Waals surface area contributed by atoms with Crippen molar-refractivity contribution in [3.8, 4) is 0 Å². The van der Waals surface area contributed by atoms with E-state index in [9.17, 15) is 9.36 Å². The topological polar surface area (TPSA) is 101 Å². The van der Waals surface area contributed by atoms with Gasteiger partial charge in [0.25, 0.3) is 0 Å². The molecule has 160 valence electrons. The highest BCUT2D eigenvalue weighted by molar-refractivity contribution is 7.51. The lowest BCUT2D eigenvalue weighted by atomic mass is 9.85. The van der Waals surface area contributed by atoms with Crippen LogP contribution in [0.3, 0.4) is 0 Å². The number of nitrogens with two attached hydrogens (primary N) is 1. The van der Waals surface area contributed by atoms with Gasteiger partial charge >= 0.3 is 7.60 Å². The minimum atomic E-state index is -4.01. The van der Waals surface area contributed by atoms with Crippen molar-refractivity contribution in [3.05, 3.63) is 21.9 Å². The summed E-state index contributed by atoms with van der Waals surface area (Å²) in [5.74, 6) is 1.12. The van der Waals surface area contributed by atoms with Gasteiger partial charge in [-0.3, -0.25) is 9.36 Å². The van der Waals surface area contributed by atoms with Gasteiger partial charge in [0.05, 0.1) is 11.0 Å². The maximum Gasteiger partial charge on any atom is 0.325 e. The first-order valence-corrected chi connectivity index (χ1v) is 13.2. The Kier molecular flexibility index (Phi) is 9.36. The summed E-state index contributed by atoms with van der Waals surface area (Å²) in [4.78, 5) is 32.4. The van der Waals surface area contributed by atoms with E-state index in [1.807, 2.05) is 19.1 Å². The molecule has 28 heavy (non-hydrogen) atoms. The van der Waals surface area contributed by atoms with Crippen molar-refractivity contribution in [1.82, 2.24) is 0 Å². The molecule has 1 aromatic heterocycles. The molecule has 1 aromatic rings. The molecule has 1 aliphatic rings. The van der Waals surface area contributed by atoms with Crippen LogP contribution in [0.25, 0.3) is 0 Å². The first-order valence-electron chi connectivity index (χ1n) is 10.6. The first kappa shape index (κ1) is 23.8. The molecule has 1 unspecified atom stereocenters. The number of carbonyl (C=O) groups excluding carboxylic acids is 1. The Labute approximate surface area is 173 Å². The average molecular weight is 430 g/mol. The van der Waals surface area contributed by atoms with Crippen LogP contribution in [0.2, 0.25) is 0 Å². The molecule has 2 rings (SSSR count). The molecule has 1 atom stereocenters. The highest BCUT2D eigenvalue weighted by Crippen LogP contribution is 2.37. The molecule has 0 saturated heterocycles. The second-order valence-electron chi connectivity index (χ2n) is 8.73. The Morgan fingerprint density at radius 3 is 2.61 bits per heavy atom. The zero-order valence-corrected chi connectivity index (χ0v) is 18.8. The van der Waals surface area contributed by atoms with Crippen molar-refractivity contribution in [1.29, 1.82) is 0 Å². The number of hydrogen-bond acceptors (Lipinski definition) is 4. The van der Waals surface area contributed by atoms with E-state index in [-0.39, 0.29) is 18.4 Å². The number of Topliss-reactive ketones (excluding diaryl/α,β-unsaturated/α-hetero) is 1. The average Bonchev–Trinajstić information content (AvgIpc) is 3.12. The molecular weight excluding hydrogens is 393 g/mol. The third-order valence-electron chi connectivity index (χ3n) is 5.84. The van der Waals surface area contributed by atoms with Crippen molar-refractivity contribution in [2.24, 2.45) is 11.7 Å². The van der Waals surface area contributed by atoms with Gasteiger partial charge in [-0.1, -0.05) is 44.9 Å². The largest absolute Gasteiger partial charge is 0.325 e. The van der Waals surface area contributed by atoms with Gasteiger partial charge in [-0.2, -0.15) is 0 Å². The Morgan fingerprint density at radius 2 is 1.93 bits per heavy atom. The van der Waals surface area contributed by atoms with E-state index in [0.29, 0.717) is 12.8 Å². The Morgan fingerprint density at radius 1 is 1.21 bits per heavy atom. The quantitative estimate of drug-likeness (QED) is 0.238. The summed E-state index contributed by atoms with van der Waals surface area (Å²) in [5.41, 5.74) is 5.56. The van der Waals surface area contributed by atoms with E-state index in [2.05, 4.69) is 0 Å². The van der Waals surface area contributed by atoms with Crippen LogP contribution in [0.1, 0.15) is 92.1 Å². The molecule has 0 bridgehead atoms. The zero-order chi connectivity index (χ0) is 20.6. The summed E-state index contributed by atoms with van der Waals surface area (Å²) in [6.07, 6.45) is 12.4.